The maximum atomic E-state index is 10.1. The largest absolute Gasteiger partial charge is 0.389 e. The maximum Gasteiger partial charge on any atom is 0.173 e. The molecule has 0 aromatic rings. The molecule has 0 radical (unpaired) electrons. The molecule has 0 amide bonds. The Hall–Kier alpha value is -0.320. The van der Waals surface area contributed by atoms with Gasteiger partial charge in [-0.05, 0) is 19.3 Å². The molecular formula is C12H26N4O4. The lowest BCUT2D eigenvalue weighted by atomic mass is 9.84. The molecule has 1 aliphatic carbocycles. The summed E-state index contributed by atoms with van der Waals surface area (Å²) in [6.07, 6.45) is -1.87. The standard InChI is InChI=1S/C12H26N4O4/c13-4-5-1-2-6(14)12(19-5)20-11-8(16)3-7(15)9(17)10(11)18/h5-12,17-18H,1-4,13-16H2/t5-,6+,7+,8-,9-,10+,11+,12+/m0/s1. The number of rotatable bonds is 3. The Kier molecular flexibility index (Phi) is 5.32. The minimum absolute atomic E-state index is 0.107. The van der Waals surface area contributed by atoms with Crippen molar-refractivity contribution in [2.75, 3.05) is 6.54 Å². The van der Waals surface area contributed by atoms with E-state index < -0.39 is 36.7 Å². The van der Waals surface area contributed by atoms with Crippen molar-refractivity contribution in [2.24, 2.45) is 22.9 Å². The Morgan fingerprint density at radius 2 is 1.70 bits per heavy atom. The molecule has 0 bridgehead atoms. The van der Waals surface area contributed by atoms with E-state index in [9.17, 15) is 10.2 Å². The third-order valence-corrected chi connectivity index (χ3v) is 4.14. The van der Waals surface area contributed by atoms with Crippen LogP contribution in [0.25, 0.3) is 0 Å². The fraction of sp³-hybridized carbons (Fsp3) is 1.00. The molecule has 2 aliphatic rings. The van der Waals surface area contributed by atoms with Gasteiger partial charge in [-0.15, -0.1) is 0 Å². The molecule has 2 rings (SSSR count). The summed E-state index contributed by atoms with van der Waals surface area (Å²) in [4.78, 5) is 0. The molecular weight excluding hydrogens is 264 g/mol. The minimum atomic E-state index is -1.15. The summed E-state index contributed by atoms with van der Waals surface area (Å²) in [6, 6.07) is -1.33. The van der Waals surface area contributed by atoms with Gasteiger partial charge in [-0.3, -0.25) is 0 Å². The zero-order valence-electron chi connectivity index (χ0n) is 11.5. The average Bonchev–Trinajstić information content (AvgIpc) is 2.43. The van der Waals surface area contributed by atoms with Crippen LogP contribution in [0.4, 0.5) is 0 Å². The van der Waals surface area contributed by atoms with E-state index in [4.69, 9.17) is 32.4 Å². The van der Waals surface area contributed by atoms with E-state index in [1.807, 2.05) is 0 Å². The van der Waals surface area contributed by atoms with Crippen molar-refractivity contribution in [3.05, 3.63) is 0 Å². The fourth-order valence-corrected chi connectivity index (χ4v) is 2.80. The summed E-state index contributed by atoms with van der Waals surface area (Å²) in [6.45, 7) is 0.388. The first-order valence-corrected chi connectivity index (χ1v) is 7.08. The van der Waals surface area contributed by atoms with Crippen LogP contribution in [0.2, 0.25) is 0 Å². The Bertz CT molecular complexity index is 322. The number of nitrogens with two attached hydrogens (primary N) is 4. The molecule has 118 valence electrons. The van der Waals surface area contributed by atoms with Crippen molar-refractivity contribution >= 4 is 0 Å². The predicted molar refractivity (Wildman–Crippen MR) is 72.4 cm³/mol. The molecule has 1 saturated carbocycles. The van der Waals surface area contributed by atoms with E-state index in [1.54, 1.807) is 0 Å². The zero-order chi connectivity index (χ0) is 14.9. The molecule has 8 atom stereocenters. The van der Waals surface area contributed by atoms with Crippen LogP contribution in [0, 0.1) is 0 Å². The van der Waals surface area contributed by atoms with Gasteiger partial charge < -0.3 is 42.6 Å². The van der Waals surface area contributed by atoms with Gasteiger partial charge >= 0.3 is 0 Å². The lowest BCUT2D eigenvalue weighted by Crippen LogP contribution is -2.64. The predicted octanol–water partition coefficient (Wildman–Crippen LogP) is -3.06. The van der Waals surface area contributed by atoms with Crippen molar-refractivity contribution in [3.8, 4) is 0 Å². The molecule has 20 heavy (non-hydrogen) atoms. The summed E-state index contributed by atoms with van der Waals surface area (Å²) in [5, 5.41) is 19.9. The van der Waals surface area contributed by atoms with Gasteiger partial charge in [0.25, 0.3) is 0 Å². The van der Waals surface area contributed by atoms with Crippen LogP contribution in [-0.2, 0) is 9.47 Å². The van der Waals surface area contributed by atoms with Gasteiger partial charge in [-0.25, -0.2) is 0 Å². The Balaban J connectivity index is 2.00. The molecule has 2 fully saturated rings. The Labute approximate surface area is 118 Å². The maximum absolute atomic E-state index is 10.1. The van der Waals surface area contributed by atoms with Gasteiger partial charge in [-0.1, -0.05) is 0 Å². The number of ether oxygens (including phenoxy) is 2. The molecule has 8 heteroatoms. The van der Waals surface area contributed by atoms with Gasteiger partial charge in [-0.2, -0.15) is 0 Å². The van der Waals surface area contributed by atoms with E-state index >= 15 is 0 Å². The van der Waals surface area contributed by atoms with Crippen LogP contribution in [0.15, 0.2) is 0 Å². The SMILES string of the molecule is NC[C@@H]1CC[C@@H](N)[C@@H](O[C@H]2[C@H](O)[C@@H](O)[C@H](N)C[C@@H]2N)O1. The fourth-order valence-electron chi connectivity index (χ4n) is 2.80. The third-order valence-electron chi connectivity index (χ3n) is 4.14. The van der Waals surface area contributed by atoms with E-state index in [2.05, 4.69) is 0 Å². The second-order valence-corrected chi connectivity index (χ2v) is 5.75. The third kappa shape index (κ3) is 3.29. The van der Waals surface area contributed by atoms with Crippen molar-refractivity contribution in [1.82, 2.24) is 0 Å². The van der Waals surface area contributed by atoms with Crippen LogP contribution in [0.3, 0.4) is 0 Å². The van der Waals surface area contributed by atoms with Crippen molar-refractivity contribution < 1.29 is 19.7 Å². The Morgan fingerprint density at radius 3 is 2.35 bits per heavy atom. The van der Waals surface area contributed by atoms with Crippen molar-refractivity contribution in [3.63, 3.8) is 0 Å². The molecule has 0 spiro atoms. The smallest absolute Gasteiger partial charge is 0.173 e. The first-order chi connectivity index (χ1) is 9.43. The normalized spacial score (nSPS) is 50.1. The highest BCUT2D eigenvalue weighted by molar-refractivity contribution is 4.98. The van der Waals surface area contributed by atoms with Gasteiger partial charge in [0.2, 0.25) is 0 Å². The highest BCUT2D eigenvalue weighted by Crippen LogP contribution is 2.26. The molecule has 1 aliphatic heterocycles. The highest BCUT2D eigenvalue weighted by atomic mass is 16.7. The number of hydrogen-bond donors (Lipinski definition) is 6. The molecule has 10 N–H and O–H groups in total. The van der Waals surface area contributed by atoms with Crippen LogP contribution < -0.4 is 22.9 Å². The molecule has 0 aromatic heterocycles. The second-order valence-electron chi connectivity index (χ2n) is 5.75. The number of aliphatic hydroxyl groups is 2. The van der Waals surface area contributed by atoms with E-state index in [0.717, 1.165) is 12.8 Å². The quantitative estimate of drug-likeness (QED) is 0.319. The van der Waals surface area contributed by atoms with Crippen LogP contribution in [-0.4, -0.2) is 65.6 Å². The lowest BCUT2D eigenvalue weighted by Gasteiger charge is -2.43. The number of hydrogen-bond acceptors (Lipinski definition) is 8. The van der Waals surface area contributed by atoms with Gasteiger partial charge in [0.05, 0.1) is 18.2 Å². The van der Waals surface area contributed by atoms with Crippen LogP contribution in [0.1, 0.15) is 19.3 Å². The summed E-state index contributed by atoms with van der Waals surface area (Å²) < 4.78 is 11.4. The molecule has 1 saturated heterocycles. The monoisotopic (exact) mass is 290 g/mol. The molecule has 1 heterocycles. The van der Waals surface area contributed by atoms with E-state index in [1.165, 1.54) is 0 Å². The van der Waals surface area contributed by atoms with E-state index in [0.29, 0.717) is 13.0 Å². The number of aliphatic hydroxyl groups excluding tert-OH is 2. The minimum Gasteiger partial charge on any atom is -0.389 e. The summed E-state index contributed by atoms with van der Waals surface area (Å²) in [5.74, 6) is 0. The second kappa shape index (κ2) is 6.63. The average molecular weight is 290 g/mol. The highest BCUT2D eigenvalue weighted by Gasteiger charge is 2.44. The van der Waals surface area contributed by atoms with Crippen molar-refractivity contribution in [1.29, 1.82) is 0 Å². The first kappa shape index (κ1) is 16.1. The van der Waals surface area contributed by atoms with Gasteiger partial charge in [0.15, 0.2) is 6.29 Å². The topological polar surface area (TPSA) is 163 Å². The molecule has 0 aromatic carbocycles. The van der Waals surface area contributed by atoms with Crippen molar-refractivity contribution in [2.45, 2.75) is 68.1 Å². The zero-order valence-corrected chi connectivity index (χ0v) is 11.5. The Morgan fingerprint density at radius 1 is 1.00 bits per heavy atom. The molecule has 8 nitrogen and oxygen atoms in total. The van der Waals surface area contributed by atoms with Gasteiger partial charge in [0, 0.05) is 18.6 Å². The van der Waals surface area contributed by atoms with Crippen LogP contribution in [0.5, 0.6) is 0 Å². The first-order valence-electron chi connectivity index (χ1n) is 7.08. The van der Waals surface area contributed by atoms with Gasteiger partial charge in [0.1, 0.15) is 12.2 Å². The summed E-state index contributed by atoms with van der Waals surface area (Å²) in [7, 11) is 0. The lowest BCUT2D eigenvalue weighted by molar-refractivity contribution is -0.251. The summed E-state index contributed by atoms with van der Waals surface area (Å²) >= 11 is 0. The van der Waals surface area contributed by atoms with Crippen LogP contribution >= 0.6 is 0 Å². The summed E-state index contributed by atoms with van der Waals surface area (Å²) in [5.41, 5.74) is 23.2. The molecule has 0 unspecified atom stereocenters. The van der Waals surface area contributed by atoms with E-state index in [-0.39, 0.29) is 12.1 Å².